The van der Waals surface area contributed by atoms with Crippen LogP contribution in [0.5, 0.6) is 5.75 Å². The number of benzene rings is 2. The number of amides is 1. The molecule has 21 heavy (non-hydrogen) atoms. The van der Waals surface area contributed by atoms with Crippen LogP contribution in [0.4, 0.5) is 5.69 Å². The van der Waals surface area contributed by atoms with E-state index in [1.165, 1.54) is 11.8 Å². The number of nitrogens with zero attached hydrogens (tertiary/aromatic N) is 1. The Hall–Kier alpha value is -2.45. The Morgan fingerprint density at radius 1 is 1.29 bits per heavy atom. The lowest BCUT2D eigenvalue weighted by Crippen LogP contribution is -2.13. The summed E-state index contributed by atoms with van der Waals surface area (Å²) in [6.07, 6.45) is 0. The first-order valence-corrected chi connectivity index (χ1v) is 7.26. The predicted molar refractivity (Wildman–Crippen MR) is 83.5 cm³/mol. The van der Waals surface area contributed by atoms with Crippen LogP contribution in [0.1, 0.15) is 5.56 Å². The first-order valence-electron chi connectivity index (χ1n) is 6.28. The second-order valence-electron chi connectivity index (χ2n) is 4.21. The van der Waals surface area contributed by atoms with Crippen molar-refractivity contribution in [1.82, 2.24) is 0 Å². The fourth-order valence-corrected chi connectivity index (χ4v) is 2.45. The van der Waals surface area contributed by atoms with Gasteiger partial charge >= 0.3 is 0 Å². The lowest BCUT2D eigenvalue weighted by atomic mass is 10.2. The fourth-order valence-electron chi connectivity index (χ4n) is 1.70. The highest BCUT2D eigenvalue weighted by Crippen LogP contribution is 2.23. The molecule has 0 atom stereocenters. The summed E-state index contributed by atoms with van der Waals surface area (Å²) in [5.74, 6) is 0.948. The monoisotopic (exact) mass is 298 g/mol. The SMILES string of the molecule is COc1cccc(SCC(=O)Nc2cccc(C#N)c2)c1. The topological polar surface area (TPSA) is 62.1 Å². The maximum atomic E-state index is 11.9. The number of thioether (sulfide) groups is 1. The highest BCUT2D eigenvalue weighted by Gasteiger charge is 2.05. The van der Waals surface area contributed by atoms with E-state index in [9.17, 15) is 4.79 Å². The van der Waals surface area contributed by atoms with Gasteiger partial charge in [-0.2, -0.15) is 5.26 Å². The molecule has 0 spiro atoms. The summed E-state index contributed by atoms with van der Waals surface area (Å²) in [7, 11) is 1.61. The quantitative estimate of drug-likeness (QED) is 0.860. The number of hydrogen-bond donors (Lipinski definition) is 1. The van der Waals surface area contributed by atoms with Crippen molar-refractivity contribution in [3.05, 3.63) is 54.1 Å². The van der Waals surface area contributed by atoms with Crippen LogP contribution in [0.2, 0.25) is 0 Å². The molecule has 0 fully saturated rings. The molecule has 0 saturated heterocycles. The number of hydrogen-bond acceptors (Lipinski definition) is 4. The van der Waals surface area contributed by atoms with Crippen LogP contribution < -0.4 is 10.1 Å². The molecule has 0 aliphatic carbocycles. The lowest BCUT2D eigenvalue weighted by Gasteiger charge is -2.06. The first kappa shape index (κ1) is 14.9. The van der Waals surface area contributed by atoms with Crippen molar-refractivity contribution >= 4 is 23.4 Å². The number of anilines is 1. The van der Waals surface area contributed by atoms with Crippen molar-refractivity contribution in [3.63, 3.8) is 0 Å². The third kappa shape index (κ3) is 4.55. The van der Waals surface area contributed by atoms with Crippen LogP contribution in [0, 0.1) is 11.3 Å². The molecule has 0 aromatic heterocycles. The second-order valence-corrected chi connectivity index (χ2v) is 5.26. The number of nitrogens with one attached hydrogen (secondary N) is 1. The number of nitriles is 1. The van der Waals surface area contributed by atoms with Crippen LogP contribution in [0.3, 0.4) is 0 Å². The molecule has 0 heterocycles. The highest BCUT2D eigenvalue weighted by molar-refractivity contribution is 8.00. The molecular weight excluding hydrogens is 284 g/mol. The number of carbonyl (C=O) groups excluding carboxylic acids is 1. The number of rotatable bonds is 5. The largest absolute Gasteiger partial charge is 0.497 e. The van der Waals surface area contributed by atoms with Gasteiger partial charge in [-0.3, -0.25) is 4.79 Å². The molecule has 1 amide bonds. The van der Waals surface area contributed by atoms with Gasteiger partial charge in [0, 0.05) is 10.6 Å². The van der Waals surface area contributed by atoms with E-state index in [4.69, 9.17) is 10.00 Å². The zero-order chi connectivity index (χ0) is 15.1. The maximum Gasteiger partial charge on any atom is 0.234 e. The van der Waals surface area contributed by atoms with Crippen molar-refractivity contribution in [2.45, 2.75) is 4.90 Å². The Kier molecular flexibility index (Phi) is 5.24. The minimum Gasteiger partial charge on any atom is -0.497 e. The summed E-state index contributed by atoms with van der Waals surface area (Å²) in [6, 6.07) is 16.4. The molecule has 0 aliphatic heterocycles. The molecule has 0 saturated carbocycles. The van der Waals surface area contributed by atoms with Crippen LogP contribution in [0.15, 0.2) is 53.4 Å². The minimum atomic E-state index is -0.113. The van der Waals surface area contributed by atoms with Gasteiger partial charge in [-0.25, -0.2) is 0 Å². The molecule has 5 heteroatoms. The lowest BCUT2D eigenvalue weighted by molar-refractivity contribution is -0.113. The molecule has 106 valence electrons. The normalized spacial score (nSPS) is 9.71. The van der Waals surface area contributed by atoms with E-state index in [1.54, 1.807) is 31.4 Å². The van der Waals surface area contributed by atoms with E-state index in [0.29, 0.717) is 17.0 Å². The fraction of sp³-hybridized carbons (Fsp3) is 0.125. The standard InChI is InChI=1S/C16H14N2O2S/c1-20-14-6-3-7-15(9-14)21-11-16(19)18-13-5-2-4-12(8-13)10-17/h2-9H,11H2,1H3,(H,18,19). The van der Waals surface area contributed by atoms with E-state index in [2.05, 4.69) is 5.32 Å². The zero-order valence-corrected chi connectivity index (χ0v) is 12.3. The van der Waals surface area contributed by atoms with Gasteiger partial charge in [0.2, 0.25) is 5.91 Å². The molecule has 0 bridgehead atoms. The van der Waals surface area contributed by atoms with E-state index >= 15 is 0 Å². The van der Waals surface area contributed by atoms with Gasteiger partial charge in [-0.1, -0.05) is 12.1 Å². The Morgan fingerprint density at radius 3 is 2.86 bits per heavy atom. The summed E-state index contributed by atoms with van der Waals surface area (Å²) in [5, 5.41) is 11.6. The number of carbonyl (C=O) groups is 1. The molecule has 2 rings (SSSR count). The second kappa shape index (κ2) is 7.36. The van der Waals surface area contributed by atoms with Gasteiger partial charge in [0.05, 0.1) is 24.5 Å². The molecule has 1 N–H and O–H groups in total. The molecule has 4 nitrogen and oxygen atoms in total. The van der Waals surface area contributed by atoms with Gasteiger partial charge in [-0.15, -0.1) is 11.8 Å². The summed E-state index contributed by atoms with van der Waals surface area (Å²) < 4.78 is 5.14. The van der Waals surface area contributed by atoms with E-state index < -0.39 is 0 Å². The maximum absolute atomic E-state index is 11.9. The van der Waals surface area contributed by atoms with Gasteiger partial charge in [0.15, 0.2) is 0 Å². The van der Waals surface area contributed by atoms with E-state index in [-0.39, 0.29) is 5.91 Å². The number of methoxy groups -OCH3 is 1. The van der Waals surface area contributed by atoms with Crippen LogP contribution in [-0.4, -0.2) is 18.8 Å². The van der Waals surface area contributed by atoms with Crippen molar-refractivity contribution in [2.75, 3.05) is 18.2 Å². The minimum absolute atomic E-state index is 0.113. The van der Waals surface area contributed by atoms with Gasteiger partial charge in [0.25, 0.3) is 0 Å². The molecule has 0 aliphatic rings. The Morgan fingerprint density at radius 2 is 2.10 bits per heavy atom. The average Bonchev–Trinajstić information content (AvgIpc) is 2.53. The zero-order valence-electron chi connectivity index (χ0n) is 11.5. The molecule has 0 radical (unpaired) electrons. The van der Waals surface area contributed by atoms with Crippen LogP contribution in [-0.2, 0) is 4.79 Å². The van der Waals surface area contributed by atoms with Crippen molar-refractivity contribution in [3.8, 4) is 11.8 Å². The Bertz CT molecular complexity index is 680. The molecule has 2 aromatic rings. The highest BCUT2D eigenvalue weighted by atomic mass is 32.2. The van der Waals surface area contributed by atoms with E-state index in [1.807, 2.05) is 30.3 Å². The van der Waals surface area contributed by atoms with Gasteiger partial charge < -0.3 is 10.1 Å². The van der Waals surface area contributed by atoms with Gasteiger partial charge in [0.1, 0.15) is 5.75 Å². The summed E-state index contributed by atoms with van der Waals surface area (Å²) in [6.45, 7) is 0. The van der Waals surface area contributed by atoms with Crippen LogP contribution in [0.25, 0.3) is 0 Å². The van der Waals surface area contributed by atoms with Crippen molar-refractivity contribution < 1.29 is 9.53 Å². The molecule has 0 unspecified atom stereocenters. The third-order valence-electron chi connectivity index (χ3n) is 2.69. The van der Waals surface area contributed by atoms with E-state index in [0.717, 1.165) is 10.6 Å². The average molecular weight is 298 g/mol. The molecule has 2 aromatic carbocycles. The summed E-state index contributed by atoms with van der Waals surface area (Å²) in [5.41, 5.74) is 1.15. The molecular formula is C16H14N2O2S. The van der Waals surface area contributed by atoms with Crippen LogP contribution >= 0.6 is 11.8 Å². The first-order chi connectivity index (χ1) is 10.2. The van der Waals surface area contributed by atoms with Gasteiger partial charge in [-0.05, 0) is 36.4 Å². The predicted octanol–water partition coefficient (Wildman–Crippen LogP) is 3.30. The smallest absolute Gasteiger partial charge is 0.234 e. The number of ether oxygens (including phenoxy) is 1. The third-order valence-corrected chi connectivity index (χ3v) is 3.68. The summed E-state index contributed by atoms with van der Waals surface area (Å²) >= 11 is 1.43. The summed E-state index contributed by atoms with van der Waals surface area (Å²) in [4.78, 5) is 12.9. The van der Waals surface area contributed by atoms with Crippen molar-refractivity contribution in [1.29, 1.82) is 5.26 Å². The Balaban J connectivity index is 1.91. The Labute approximate surface area is 127 Å². The van der Waals surface area contributed by atoms with Crippen molar-refractivity contribution in [2.24, 2.45) is 0 Å².